The van der Waals surface area contributed by atoms with Crippen LogP contribution >= 0.6 is 0 Å². The summed E-state index contributed by atoms with van der Waals surface area (Å²) in [7, 11) is 0. The van der Waals surface area contributed by atoms with Crippen molar-refractivity contribution in [3.63, 3.8) is 0 Å². The summed E-state index contributed by atoms with van der Waals surface area (Å²) in [5, 5.41) is 11.0. The zero-order chi connectivity index (χ0) is 22.8. The van der Waals surface area contributed by atoms with Crippen molar-refractivity contribution in [2.75, 3.05) is 32.8 Å². The Bertz CT molecular complexity index is 1170. The Morgan fingerprint density at radius 2 is 2.15 bits per heavy atom. The number of aromatic nitrogens is 5. The highest BCUT2D eigenvalue weighted by Gasteiger charge is 2.35. The zero-order valence-electron chi connectivity index (χ0n) is 18.3. The molecule has 2 fully saturated rings. The van der Waals surface area contributed by atoms with E-state index in [1.807, 2.05) is 30.0 Å². The van der Waals surface area contributed by atoms with Gasteiger partial charge >= 0.3 is 0 Å². The van der Waals surface area contributed by atoms with Gasteiger partial charge in [0.25, 0.3) is 0 Å². The van der Waals surface area contributed by atoms with Crippen LogP contribution in [0.15, 0.2) is 42.9 Å². The Morgan fingerprint density at radius 3 is 2.88 bits per heavy atom. The molecular formula is C23H24N8O2. The molecule has 0 bridgehead atoms. The van der Waals surface area contributed by atoms with Crippen LogP contribution in [-0.4, -0.2) is 79.7 Å². The van der Waals surface area contributed by atoms with Crippen molar-refractivity contribution in [1.82, 2.24) is 35.0 Å². The van der Waals surface area contributed by atoms with Crippen LogP contribution in [0.5, 0.6) is 0 Å². The summed E-state index contributed by atoms with van der Waals surface area (Å²) in [6, 6.07) is 9.80. The van der Waals surface area contributed by atoms with Gasteiger partial charge in [-0.2, -0.15) is 4.68 Å². The van der Waals surface area contributed by atoms with E-state index < -0.39 is 0 Å². The second-order valence-corrected chi connectivity index (χ2v) is 8.42. The predicted octanol–water partition coefficient (Wildman–Crippen LogP) is 1.74. The molecule has 2 atom stereocenters. The minimum absolute atomic E-state index is 0.00763. The molecule has 1 aromatic carbocycles. The maximum Gasteiger partial charge on any atom is 0.227 e. The van der Waals surface area contributed by atoms with Crippen molar-refractivity contribution in [3.05, 3.63) is 71.0 Å². The molecule has 0 saturated carbocycles. The summed E-state index contributed by atoms with van der Waals surface area (Å²) in [5.41, 5.74) is 3.62. The quantitative estimate of drug-likeness (QED) is 0.566. The average Bonchev–Trinajstić information content (AvgIpc) is 3.39. The number of hydrogen-bond donors (Lipinski definition) is 0. The Hall–Kier alpha value is -3.68. The van der Waals surface area contributed by atoms with Gasteiger partial charge < -0.3 is 9.64 Å². The molecule has 0 aliphatic carbocycles. The highest BCUT2D eigenvalue weighted by Crippen LogP contribution is 2.30. The molecule has 0 unspecified atom stereocenters. The Labute approximate surface area is 191 Å². The molecule has 2 saturated heterocycles. The van der Waals surface area contributed by atoms with Gasteiger partial charge in [0.05, 0.1) is 31.7 Å². The van der Waals surface area contributed by atoms with E-state index in [1.165, 1.54) is 11.0 Å². The first kappa shape index (κ1) is 21.2. The van der Waals surface area contributed by atoms with Gasteiger partial charge in [0, 0.05) is 32.4 Å². The summed E-state index contributed by atoms with van der Waals surface area (Å²) in [6.07, 6.45) is 3.48. The van der Waals surface area contributed by atoms with E-state index in [9.17, 15) is 4.79 Å². The Kier molecular flexibility index (Phi) is 5.81. The van der Waals surface area contributed by atoms with Crippen LogP contribution in [0, 0.1) is 13.5 Å². The van der Waals surface area contributed by atoms with E-state index in [1.54, 1.807) is 12.3 Å². The number of morpholine rings is 1. The summed E-state index contributed by atoms with van der Waals surface area (Å²) >= 11 is 0. The number of benzene rings is 1. The summed E-state index contributed by atoms with van der Waals surface area (Å²) < 4.78 is 7.65. The molecule has 4 heterocycles. The van der Waals surface area contributed by atoms with Crippen molar-refractivity contribution in [3.8, 4) is 5.82 Å². The number of nitrogens with zero attached hydrogens (tertiary/aromatic N) is 8. The molecular weight excluding hydrogens is 420 g/mol. The molecule has 1 amide bonds. The lowest BCUT2D eigenvalue weighted by atomic mass is 10.0. The first-order valence-electron chi connectivity index (χ1n) is 10.9. The third-order valence-corrected chi connectivity index (χ3v) is 6.31. The van der Waals surface area contributed by atoms with Crippen LogP contribution in [0.1, 0.15) is 22.8 Å². The van der Waals surface area contributed by atoms with Crippen LogP contribution in [0.3, 0.4) is 0 Å². The first-order chi connectivity index (χ1) is 16.1. The zero-order valence-corrected chi connectivity index (χ0v) is 18.3. The summed E-state index contributed by atoms with van der Waals surface area (Å²) in [5.74, 6) is 0.705. The number of piperazine rings is 1. The molecule has 10 nitrogen and oxygen atoms in total. The Balaban J connectivity index is 1.17. The topological polar surface area (TPSA) is 93.6 Å². The van der Waals surface area contributed by atoms with Crippen LogP contribution in [0.25, 0.3) is 10.7 Å². The van der Waals surface area contributed by atoms with Crippen LogP contribution < -0.4 is 0 Å². The van der Waals surface area contributed by atoms with Gasteiger partial charge in [-0.3, -0.25) is 9.69 Å². The number of hydrogen-bond acceptors (Lipinski definition) is 7. The van der Waals surface area contributed by atoms with Gasteiger partial charge in [0.2, 0.25) is 5.91 Å². The molecule has 33 heavy (non-hydrogen) atoms. The third-order valence-electron chi connectivity index (χ3n) is 6.31. The minimum atomic E-state index is -0.00763. The van der Waals surface area contributed by atoms with E-state index in [0.29, 0.717) is 37.6 Å². The maximum absolute atomic E-state index is 12.9. The molecule has 3 aromatic rings. The van der Waals surface area contributed by atoms with Crippen LogP contribution in [-0.2, 0) is 16.0 Å². The molecule has 2 aliphatic heterocycles. The molecule has 10 heteroatoms. The van der Waals surface area contributed by atoms with E-state index >= 15 is 0 Å². The maximum atomic E-state index is 12.9. The molecule has 2 aliphatic rings. The number of aryl methyl sites for hydroxylation is 1. The van der Waals surface area contributed by atoms with Crippen LogP contribution in [0.4, 0.5) is 5.69 Å². The van der Waals surface area contributed by atoms with Gasteiger partial charge in [-0.05, 0) is 40.1 Å². The first-order valence-corrected chi connectivity index (χ1v) is 10.9. The number of amides is 1. The Morgan fingerprint density at radius 1 is 1.24 bits per heavy atom. The van der Waals surface area contributed by atoms with Gasteiger partial charge in [0.1, 0.15) is 6.33 Å². The lowest BCUT2D eigenvalue weighted by Gasteiger charge is -2.46. The fraction of sp³-hybridized carbons (Fsp3) is 0.391. The SMILES string of the molecule is [C-]#[N+]c1ccc([C@@H]2CN3CCN(C(=O)Cc4ccc(-n5cnnn5)nc4)C[C@H]3CO2)cc1C. The highest BCUT2D eigenvalue weighted by molar-refractivity contribution is 5.79. The minimum Gasteiger partial charge on any atom is -0.370 e. The molecule has 0 radical (unpaired) electrons. The number of fused-ring (bicyclic) bond motifs is 1. The largest absolute Gasteiger partial charge is 0.370 e. The molecule has 0 spiro atoms. The van der Waals surface area contributed by atoms with E-state index in [-0.39, 0.29) is 18.1 Å². The standard InChI is InChI=1S/C23H24N8O2/c1-16-9-18(4-5-20(16)24-2)21-13-29-7-8-30(12-19(29)14-33-21)23(32)10-17-3-6-22(25-11-17)31-15-26-27-28-31/h3-6,9,11,15,19,21H,7-8,10,12-14H2,1H3/t19-,21-/m0/s1. The molecule has 2 aromatic heterocycles. The van der Waals surface area contributed by atoms with Crippen molar-refractivity contribution >= 4 is 11.6 Å². The second-order valence-electron chi connectivity index (χ2n) is 8.42. The molecule has 168 valence electrons. The second kappa shape index (κ2) is 9.05. The smallest absolute Gasteiger partial charge is 0.227 e. The fourth-order valence-corrected chi connectivity index (χ4v) is 4.43. The van der Waals surface area contributed by atoms with E-state index in [0.717, 1.165) is 29.8 Å². The predicted molar refractivity (Wildman–Crippen MR) is 119 cm³/mol. The van der Waals surface area contributed by atoms with Gasteiger partial charge in [-0.1, -0.05) is 24.3 Å². The number of carbonyl (C=O) groups excluding carboxylic acids is 1. The van der Waals surface area contributed by atoms with Crippen LogP contribution in [0.2, 0.25) is 0 Å². The highest BCUT2D eigenvalue weighted by atomic mass is 16.5. The fourth-order valence-electron chi connectivity index (χ4n) is 4.43. The third kappa shape index (κ3) is 4.46. The number of carbonyl (C=O) groups is 1. The van der Waals surface area contributed by atoms with Gasteiger partial charge in [-0.15, -0.1) is 5.10 Å². The number of tetrazole rings is 1. The van der Waals surface area contributed by atoms with E-state index in [4.69, 9.17) is 11.3 Å². The lowest BCUT2D eigenvalue weighted by molar-refractivity contribution is -0.139. The number of rotatable bonds is 4. The monoisotopic (exact) mass is 444 g/mol. The van der Waals surface area contributed by atoms with Crippen molar-refractivity contribution < 1.29 is 9.53 Å². The van der Waals surface area contributed by atoms with Gasteiger partial charge in [-0.25, -0.2) is 9.83 Å². The molecule has 5 rings (SSSR count). The summed E-state index contributed by atoms with van der Waals surface area (Å²) in [4.78, 5) is 25.1. The molecule has 0 N–H and O–H groups in total. The van der Waals surface area contributed by atoms with Crippen molar-refractivity contribution in [1.29, 1.82) is 0 Å². The van der Waals surface area contributed by atoms with Crippen molar-refractivity contribution in [2.24, 2.45) is 0 Å². The number of ether oxygens (including phenoxy) is 1. The van der Waals surface area contributed by atoms with E-state index in [2.05, 4.69) is 36.3 Å². The lowest BCUT2D eigenvalue weighted by Crippen LogP contribution is -2.59. The normalized spacial score (nSPS) is 20.8. The number of pyridine rings is 1. The average molecular weight is 444 g/mol. The van der Waals surface area contributed by atoms with Crippen molar-refractivity contribution in [2.45, 2.75) is 25.5 Å². The summed E-state index contributed by atoms with van der Waals surface area (Å²) in [6.45, 7) is 12.8. The van der Waals surface area contributed by atoms with Gasteiger partial charge in [0.15, 0.2) is 11.5 Å².